The van der Waals surface area contributed by atoms with Gasteiger partial charge in [-0.15, -0.1) is 0 Å². The lowest BCUT2D eigenvalue weighted by atomic mass is 9.94. The molecule has 0 spiro atoms. The fraction of sp³-hybridized carbons (Fsp3) is 0.750. The molecule has 0 saturated carbocycles. The van der Waals surface area contributed by atoms with Gasteiger partial charge in [-0.2, -0.15) is 13.2 Å². The average Bonchev–Trinajstić information content (AvgIpc) is 3.27. The van der Waals surface area contributed by atoms with Crippen LogP contribution in [-0.4, -0.2) is 67.3 Å². The van der Waals surface area contributed by atoms with Crippen LogP contribution in [0.3, 0.4) is 0 Å². The fourth-order valence-electron chi connectivity index (χ4n) is 5.46. The molecule has 1 aromatic rings. The Balaban J connectivity index is 1.39. The summed E-state index contributed by atoms with van der Waals surface area (Å²) in [4.78, 5) is 6.66. The van der Waals surface area contributed by atoms with Gasteiger partial charge in [0, 0.05) is 38.5 Å². The molecule has 7 heteroatoms. The van der Waals surface area contributed by atoms with E-state index in [1.165, 1.54) is 32.0 Å². The van der Waals surface area contributed by atoms with E-state index < -0.39 is 11.7 Å². The van der Waals surface area contributed by atoms with Gasteiger partial charge in [-0.1, -0.05) is 6.07 Å². The number of piperidine rings is 2. The molecule has 0 atom stereocenters. The van der Waals surface area contributed by atoms with Crippen LogP contribution in [0.25, 0.3) is 0 Å². The van der Waals surface area contributed by atoms with E-state index in [1.54, 1.807) is 6.07 Å². The summed E-state index contributed by atoms with van der Waals surface area (Å²) in [5.41, 5.74) is 0.575. The lowest BCUT2D eigenvalue weighted by Crippen LogP contribution is -2.39. The quantitative estimate of drug-likeness (QED) is 0.719. The highest BCUT2D eigenvalue weighted by molar-refractivity contribution is 5.56. The Morgan fingerprint density at radius 2 is 1.48 bits per heavy atom. The maximum absolute atomic E-state index is 13.9. The standard InChI is InChI=1S/C24H36F3N3O/c25-24(26,27)22-15-21(17-29-11-5-20(18-31)6-12-29)3-4-23(22)30-13-7-19(8-14-30)16-28-9-1-2-10-28/h3-4,15,19-20,31H,1-2,5-14,16-18H2. The summed E-state index contributed by atoms with van der Waals surface area (Å²) < 4.78 is 41.8. The zero-order valence-corrected chi connectivity index (χ0v) is 18.4. The lowest BCUT2D eigenvalue weighted by Gasteiger charge is -2.36. The summed E-state index contributed by atoms with van der Waals surface area (Å²) in [6.07, 6.45) is 1.96. The van der Waals surface area contributed by atoms with Crippen molar-refractivity contribution in [3.63, 3.8) is 0 Å². The molecule has 1 N–H and O–H groups in total. The molecule has 0 aliphatic carbocycles. The maximum atomic E-state index is 13.9. The molecule has 3 aliphatic rings. The number of nitrogens with zero attached hydrogens (tertiary/aromatic N) is 3. The van der Waals surface area contributed by atoms with E-state index in [-0.39, 0.29) is 6.61 Å². The van der Waals surface area contributed by atoms with Crippen molar-refractivity contribution >= 4 is 5.69 Å². The first-order valence-corrected chi connectivity index (χ1v) is 11.9. The van der Waals surface area contributed by atoms with Crippen molar-refractivity contribution in [3.8, 4) is 0 Å². The Kier molecular flexibility index (Phi) is 7.44. The molecule has 4 rings (SSSR count). The average molecular weight is 440 g/mol. The van der Waals surface area contributed by atoms with Crippen LogP contribution in [0, 0.1) is 11.8 Å². The summed E-state index contributed by atoms with van der Waals surface area (Å²) in [5.74, 6) is 0.933. The number of likely N-dealkylation sites (tertiary alicyclic amines) is 2. The smallest absolute Gasteiger partial charge is 0.396 e. The van der Waals surface area contributed by atoms with Crippen LogP contribution in [0.5, 0.6) is 0 Å². The summed E-state index contributed by atoms with van der Waals surface area (Å²) in [7, 11) is 0. The third kappa shape index (κ3) is 5.93. The van der Waals surface area contributed by atoms with E-state index in [4.69, 9.17) is 0 Å². The van der Waals surface area contributed by atoms with Crippen molar-refractivity contribution < 1.29 is 18.3 Å². The zero-order chi connectivity index (χ0) is 21.8. The molecule has 0 radical (unpaired) electrons. The molecule has 1 aromatic carbocycles. The molecule has 4 nitrogen and oxygen atoms in total. The maximum Gasteiger partial charge on any atom is 0.418 e. The molecule has 0 unspecified atom stereocenters. The molecule has 0 aromatic heterocycles. The Labute approximate surface area is 184 Å². The Morgan fingerprint density at radius 1 is 0.839 bits per heavy atom. The minimum Gasteiger partial charge on any atom is -0.396 e. The van der Waals surface area contributed by atoms with Crippen LogP contribution in [0.15, 0.2) is 18.2 Å². The molecular weight excluding hydrogens is 403 g/mol. The molecule has 174 valence electrons. The van der Waals surface area contributed by atoms with Gasteiger partial charge in [-0.05, 0) is 94.2 Å². The summed E-state index contributed by atoms with van der Waals surface area (Å²) in [6.45, 7) is 7.28. The highest BCUT2D eigenvalue weighted by atomic mass is 19.4. The van der Waals surface area contributed by atoms with E-state index in [9.17, 15) is 18.3 Å². The Bertz CT molecular complexity index is 705. The normalized spacial score (nSPS) is 23.0. The van der Waals surface area contributed by atoms with Gasteiger partial charge in [-0.3, -0.25) is 4.90 Å². The highest BCUT2D eigenvalue weighted by Gasteiger charge is 2.36. The van der Waals surface area contributed by atoms with Crippen molar-refractivity contribution in [2.75, 3.05) is 57.3 Å². The Morgan fingerprint density at radius 3 is 2.10 bits per heavy atom. The van der Waals surface area contributed by atoms with Crippen molar-refractivity contribution in [1.29, 1.82) is 0 Å². The second kappa shape index (κ2) is 10.1. The van der Waals surface area contributed by atoms with E-state index >= 15 is 0 Å². The van der Waals surface area contributed by atoms with Crippen LogP contribution in [0.4, 0.5) is 18.9 Å². The molecule has 3 fully saturated rings. The number of aliphatic hydroxyl groups excluding tert-OH is 1. The first-order chi connectivity index (χ1) is 14.9. The number of hydrogen-bond donors (Lipinski definition) is 1. The van der Waals surface area contributed by atoms with Crippen molar-refractivity contribution in [3.05, 3.63) is 29.3 Å². The second-order valence-electron chi connectivity index (χ2n) is 9.69. The van der Waals surface area contributed by atoms with Crippen LogP contribution in [0.1, 0.15) is 49.7 Å². The van der Waals surface area contributed by atoms with Gasteiger partial charge in [0.15, 0.2) is 0 Å². The van der Waals surface area contributed by atoms with Gasteiger partial charge in [0.05, 0.1) is 5.56 Å². The van der Waals surface area contributed by atoms with E-state index in [0.717, 1.165) is 50.9 Å². The molecular formula is C24H36F3N3O. The summed E-state index contributed by atoms with van der Waals surface area (Å²) in [6, 6.07) is 4.93. The molecule has 31 heavy (non-hydrogen) atoms. The fourth-order valence-corrected chi connectivity index (χ4v) is 5.46. The van der Waals surface area contributed by atoms with E-state index in [0.29, 0.717) is 37.2 Å². The number of anilines is 1. The number of aliphatic hydroxyl groups is 1. The number of hydrogen-bond acceptors (Lipinski definition) is 4. The molecule has 3 heterocycles. The van der Waals surface area contributed by atoms with Crippen LogP contribution in [-0.2, 0) is 12.7 Å². The third-order valence-electron chi connectivity index (χ3n) is 7.41. The van der Waals surface area contributed by atoms with Gasteiger partial charge in [-0.25, -0.2) is 0 Å². The second-order valence-corrected chi connectivity index (χ2v) is 9.69. The summed E-state index contributed by atoms with van der Waals surface area (Å²) >= 11 is 0. The number of rotatable bonds is 6. The molecule has 0 amide bonds. The SMILES string of the molecule is OCC1CCN(Cc2ccc(N3CCC(CN4CCCC4)CC3)c(C(F)(F)F)c2)CC1. The number of halogens is 3. The first kappa shape index (κ1) is 22.9. The number of benzene rings is 1. The predicted molar refractivity (Wildman–Crippen MR) is 117 cm³/mol. The first-order valence-electron chi connectivity index (χ1n) is 11.9. The van der Waals surface area contributed by atoms with Gasteiger partial charge in [0.2, 0.25) is 0 Å². The molecule has 0 bridgehead atoms. The van der Waals surface area contributed by atoms with Crippen molar-refractivity contribution in [2.45, 2.75) is 51.2 Å². The van der Waals surface area contributed by atoms with Crippen molar-refractivity contribution in [1.82, 2.24) is 9.80 Å². The minimum absolute atomic E-state index is 0.204. The molecule has 3 aliphatic heterocycles. The zero-order valence-electron chi connectivity index (χ0n) is 18.4. The van der Waals surface area contributed by atoms with Gasteiger partial charge >= 0.3 is 6.18 Å². The molecule has 3 saturated heterocycles. The van der Waals surface area contributed by atoms with Gasteiger partial charge in [0.1, 0.15) is 0 Å². The van der Waals surface area contributed by atoms with E-state index in [2.05, 4.69) is 9.80 Å². The largest absolute Gasteiger partial charge is 0.418 e. The monoisotopic (exact) mass is 439 g/mol. The van der Waals surface area contributed by atoms with Gasteiger partial charge < -0.3 is 14.9 Å². The van der Waals surface area contributed by atoms with Crippen molar-refractivity contribution in [2.24, 2.45) is 11.8 Å². The highest BCUT2D eigenvalue weighted by Crippen LogP contribution is 2.39. The van der Waals surface area contributed by atoms with Gasteiger partial charge in [0.25, 0.3) is 0 Å². The summed E-state index contributed by atoms with van der Waals surface area (Å²) in [5, 5.41) is 9.28. The van der Waals surface area contributed by atoms with Crippen LogP contribution >= 0.6 is 0 Å². The third-order valence-corrected chi connectivity index (χ3v) is 7.41. The predicted octanol–water partition coefficient (Wildman–Crippen LogP) is 4.22. The Hall–Kier alpha value is -1.31. The van der Waals surface area contributed by atoms with Crippen LogP contribution in [0.2, 0.25) is 0 Å². The minimum atomic E-state index is -4.35. The van der Waals surface area contributed by atoms with E-state index in [1.807, 2.05) is 11.0 Å². The lowest BCUT2D eigenvalue weighted by molar-refractivity contribution is -0.137. The topological polar surface area (TPSA) is 30.0 Å². The van der Waals surface area contributed by atoms with Crippen LogP contribution < -0.4 is 4.90 Å². The number of alkyl halides is 3.